The molecule has 1 aromatic carbocycles. The van der Waals surface area contributed by atoms with E-state index in [4.69, 9.17) is 14.6 Å². The minimum absolute atomic E-state index is 0.123. The first-order valence-corrected chi connectivity index (χ1v) is 5.80. The summed E-state index contributed by atoms with van der Waals surface area (Å²) in [6.07, 6.45) is 0. The van der Waals surface area contributed by atoms with Crippen molar-refractivity contribution in [2.45, 2.75) is 27.4 Å². The average molecular weight is 238 g/mol. The summed E-state index contributed by atoms with van der Waals surface area (Å²) < 4.78 is 10.9. The van der Waals surface area contributed by atoms with Crippen molar-refractivity contribution >= 4 is 0 Å². The maximum atomic E-state index is 9.13. The van der Waals surface area contributed by atoms with Crippen LogP contribution in [0.4, 0.5) is 0 Å². The molecule has 0 fully saturated rings. The highest BCUT2D eigenvalue weighted by atomic mass is 16.5. The highest BCUT2D eigenvalue weighted by Gasteiger charge is 2.16. The van der Waals surface area contributed by atoms with Gasteiger partial charge in [0.25, 0.3) is 0 Å². The first-order chi connectivity index (χ1) is 7.98. The summed E-state index contributed by atoms with van der Waals surface area (Å²) in [5, 5.41) is 9.13. The van der Waals surface area contributed by atoms with Crippen LogP contribution in [0.15, 0.2) is 18.2 Å². The van der Waals surface area contributed by atoms with Crippen LogP contribution in [0.2, 0.25) is 0 Å². The third-order valence-electron chi connectivity index (χ3n) is 2.61. The number of aryl methyl sites for hydroxylation is 1. The Morgan fingerprint density at radius 2 is 2.00 bits per heavy atom. The van der Waals surface area contributed by atoms with E-state index >= 15 is 0 Å². The lowest BCUT2D eigenvalue weighted by molar-refractivity contribution is 0.0191. The summed E-state index contributed by atoms with van der Waals surface area (Å²) in [5.41, 5.74) is 2.03. The van der Waals surface area contributed by atoms with E-state index in [1.165, 1.54) is 5.56 Å². The van der Waals surface area contributed by atoms with Crippen molar-refractivity contribution in [1.29, 1.82) is 0 Å². The van der Waals surface area contributed by atoms with Crippen molar-refractivity contribution in [1.82, 2.24) is 0 Å². The van der Waals surface area contributed by atoms with Crippen LogP contribution in [0.3, 0.4) is 0 Å². The molecule has 0 spiro atoms. The quantitative estimate of drug-likeness (QED) is 0.827. The van der Waals surface area contributed by atoms with E-state index in [-0.39, 0.29) is 12.0 Å². The number of aliphatic hydroxyl groups is 1. The van der Waals surface area contributed by atoms with Gasteiger partial charge in [-0.05, 0) is 13.0 Å². The van der Waals surface area contributed by atoms with Gasteiger partial charge in [0.2, 0.25) is 0 Å². The normalized spacial score (nSPS) is 11.6. The van der Waals surface area contributed by atoms with Crippen molar-refractivity contribution in [2.75, 3.05) is 20.3 Å². The zero-order chi connectivity index (χ0) is 12.9. The first-order valence-electron chi connectivity index (χ1n) is 5.80. The van der Waals surface area contributed by atoms with Crippen LogP contribution >= 0.6 is 0 Å². The molecule has 0 heterocycles. The zero-order valence-corrected chi connectivity index (χ0v) is 11.1. The third kappa shape index (κ3) is 4.36. The van der Waals surface area contributed by atoms with Crippen LogP contribution in [0, 0.1) is 12.3 Å². The van der Waals surface area contributed by atoms with Gasteiger partial charge in [0.15, 0.2) is 0 Å². The Morgan fingerprint density at radius 1 is 1.29 bits per heavy atom. The molecule has 1 aromatic rings. The molecule has 0 saturated carbocycles. The molecule has 3 nitrogen and oxygen atoms in total. The van der Waals surface area contributed by atoms with E-state index in [1.54, 1.807) is 7.11 Å². The van der Waals surface area contributed by atoms with Gasteiger partial charge in [-0.15, -0.1) is 0 Å². The van der Waals surface area contributed by atoms with Gasteiger partial charge in [0, 0.05) is 11.0 Å². The second-order valence-electron chi connectivity index (χ2n) is 5.13. The predicted octanol–water partition coefficient (Wildman–Crippen LogP) is 2.54. The lowest BCUT2D eigenvalue weighted by atomic mass is 9.96. The molecule has 0 aliphatic rings. The van der Waals surface area contributed by atoms with Gasteiger partial charge in [-0.1, -0.05) is 31.5 Å². The first kappa shape index (κ1) is 14.0. The van der Waals surface area contributed by atoms with Crippen LogP contribution in [0.1, 0.15) is 25.0 Å². The van der Waals surface area contributed by atoms with Crippen LogP contribution in [-0.2, 0) is 11.3 Å². The second kappa shape index (κ2) is 6.03. The van der Waals surface area contributed by atoms with E-state index < -0.39 is 0 Å². The largest absolute Gasteiger partial charge is 0.496 e. The van der Waals surface area contributed by atoms with Gasteiger partial charge >= 0.3 is 0 Å². The molecule has 0 unspecified atom stereocenters. The maximum absolute atomic E-state index is 9.13. The fraction of sp³-hybridized carbons (Fsp3) is 0.571. The molecular weight excluding hydrogens is 216 g/mol. The van der Waals surface area contributed by atoms with Gasteiger partial charge in [-0.2, -0.15) is 0 Å². The fourth-order valence-corrected chi connectivity index (χ4v) is 1.50. The minimum Gasteiger partial charge on any atom is -0.496 e. The Hall–Kier alpha value is -1.06. The fourth-order valence-electron chi connectivity index (χ4n) is 1.50. The Balaban J connectivity index is 2.59. The summed E-state index contributed by atoms with van der Waals surface area (Å²) >= 11 is 0. The highest BCUT2D eigenvalue weighted by molar-refractivity contribution is 5.36. The monoisotopic (exact) mass is 238 g/mol. The smallest absolute Gasteiger partial charge is 0.124 e. The van der Waals surface area contributed by atoms with Crippen molar-refractivity contribution < 1.29 is 14.6 Å². The Morgan fingerprint density at radius 3 is 2.59 bits per heavy atom. The van der Waals surface area contributed by atoms with Crippen LogP contribution in [0.25, 0.3) is 0 Å². The topological polar surface area (TPSA) is 38.7 Å². The molecular formula is C14H22O3. The average Bonchev–Trinajstić information content (AvgIpc) is 2.29. The molecule has 0 atom stereocenters. The van der Waals surface area contributed by atoms with Crippen molar-refractivity contribution in [3.05, 3.63) is 29.3 Å². The lowest BCUT2D eigenvalue weighted by Crippen LogP contribution is -2.23. The lowest BCUT2D eigenvalue weighted by Gasteiger charge is -2.21. The molecule has 0 amide bonds. The van der Waals surface area contributed by atoms with E-state index in [2.05, 4.69) is 6.07 Å². The Kier molecular flexibility index (Phi) is 4.97. The van der Waals surface area contributed by atoms with E-state index in [9.17, 15) is 0 Å². The SMILES string of the molecule is COc1ccc(C)cc1COCC(C)(C)CO. The summed E-state index contributed by atoms with van der Waals surface area (Å²) in [6, 6.07) is 6.02. The van der Waals surface area contributed by atoms with Crippen LogP contribution in [-0.4, -0.2) is 25.4 Å². The number of hydrogen-bond donors (Lipinski definition) is 1. The number of hydrogen-bond acceptors (Lipinski definition) is 3. The highest BCUT2D eigenvalue weighted by Crippen LogP contribution is 2.22. The number of methoxy groups -OCH3 is 1. The van der Waals surface area contributed by atoms with E-state index in [0.717, 1.165) is 11.3 Å². The maximum Gasteiger partial charge on any atom is 0.124 e. The molecule has 0 radical (unpaired) electrons. The molecule has 1 N–H and O–H groups in total. The number of aliphatic hydroxyl groups excluding tert-OH is 1. The molecule has 0 bridgehead atoms. The number of rotatable bonds is 6. The number of benzene rings is 1. The summed E-state index contributed by atoms with van der Waals surface area (Å²) in [6.45, 7) is 7.15. The minimum atomic E-state index is -0.197. The molecule has 0 aliphatic carbocycles. The molecule has 0 aromatic heterocycles. The Labute approximate surface area is 103 Å². The zero-order valence-electron chi connectivity index (χ0n) is 11.1. The summed E-state index contributed by atoms with van der Waals surface area (Å²) in [5.74, 6) is 0.845. The van der Waals surface area contributed by atoms with E-state index in [1.807, 2.05) is 32.9 Å². The summed E-state index contributed by atoms with van der Waals surface area (Å²) in [7, 11) is 1.66. The third-order valence-corrected chi connectivity index (χ3v) is 2.61. The van der Waals surface area contributed by atoms with Crippen LogP contribution in [0.5, 0.6) is 5.75 Å². The molecule has 3 heteroatoms. The van der Waals surface area contributed by atoms with E-state index in [0.29, 0.717) is 13.2 Å². The Bertz CT molecular complexity index is 358. The molecule has 96 valence electrons. The van der Waals surface area contributed by atoms with Gasteiger partial charge in [-0.25, -0.2) is 0 Å². The standard InChI is InChI=1S/C14H22O3/c1-11-5-6-13(16-4)12(7-11)8-17-10-14(2,3)9-15/h5-7,15H,8-10H2,1-4H3. The predicted molar refractivity (Wildman–Crippen MR) is 68.3 cm³/mol. The van der Waals surface area contributed by atoms with Crippen LogP contribution < -0.4 is 4.74 Å². The van der Waals surface area contributed by atoms with Crippen molar-refractivity contribution in [3.8, 4) is 5.75 Å². The van der Waals surface area contributed by atoms with Gasteiger partial charge in [0.1, 0.15) is 5.75 Å². The number of ether oxygens (including phenoxy) is 2. The molecule has 0 saturated heterocycles. The van der Waals surface area contributed by atoms with Crippen molar-refractivity contribution in [2.24, 2.45) is 5.41 Å². The molecule has 1 rings (SSSR count). The van der Waals surface area contributed by atoms with Gasteiger partial charge in [-0.3, -0.25) is 0 Å². The van der Waals surface area contributed by atoms with Gasteiger partial charge < -0.3 is 14.6 Å². The molecule has 17 heavy (non-hydrogen) atoms. The molecule has 0 aliphatic heterocycles. The second-order valence-corrected chi connectivity index (χ2v) is 5.13. The van der Waals surface area contributed by atoms with Crippen molar-refractivity contribution in [3.63, 3.8) is 0 Å². The summed E-state index contributed by atoms with van der Waals surface area (Å²) in [4.78, 5) is 0. The van der Waals surface area contributed by atoms with Gasteiger partial charge in [0.05, 0.1) is 26.9 Å².